The number of hydrogen-bond donors (Lipinski definition) is 1. The monoisotopic (exact) mass is 286 g/mol. The van der Waals surface area contributed by atoms with Crippen LogP contribution in [0.5, 0.6) is 0 Å². The van der Waals surface area contributed by atoms with Gasteiger partial charge in [-0.3, -0.25) is 0 Å². The Morgan fingerprint density at radius 3 is 3.10 bits per heavy atom. The molecule has 2 unspecified atom stereocenters. The summed E-state index contributed by atoms with van der Waals surface area (Å²) in [5.41, 5.74) is 8.44. The molecule has 1 heterocycles. The third-order valence-electron chi connectivity index (χ3n) is 3.99. The van der Waals surface area contributed by atoms with Gasteiger partial charge in [-0.15, -0.1) is 0 Å². The summed E-state index contributed by atoms with van der Waals surface area (Å²) in [6, 6.07) is 8.33. The normalized spacial score (nSPS) is 22.2. The molecule has 1 aliphatic carbocycles. The number of imidazole rings is 1. The van der Waals surface area contributed by atoms with Gasteiger partial charge < -0.3 is 10.3 Å². The van der Waals surface area contributed by atoms with E-state index in [0.717, 1.165) is 34.9 Å². The van der Waals surface area contributed by atoms with Crippen LogP contribution in [0, 0.1) is 11.3 Å². The standard InChI is InChI=1S/C15H18N4S/c1-2-20-12-7-6-11(8-12)19-13-5-3-4-10(9-16)14(13)18-15(19)17/h3-5,11-12H,2,6-8H2,1H3,(H2,17,18). The van der Waals surface area contributed by atoms with E-state index >= 15 is 0 Å². The summed E-state index contributed by atoms with van der Waals surface area (Å²) in [4.78, 5) is 4.41. The zero-order valence-corrected chi connectivity index (χ0v) is 12.4. The maximum absolute atomic E-state index is 9.17. The van der Waals surface area contributed by atoms with Gasteiger partial charge in [0.25, 0.3) is 0 Å². The number of hydrogen-bond acceptors (Lipinski definition) is 4. The fraction of sp³-hybridized carbons (Fsp3) is 0.467. The van der Waals surface area contributed by atoms with Crippen molar-refractivity contribution in [3.05, 3.63) is 23.8 Å². The number of fused-ring (bicyclic) bond motifs is 1. The van der Waals surface area contributed by atoms with Gasteiger partial charge in [-0.25, -0.2) is 4.98 Å². The minimum atomic E-state index is 0.415. The Morgan fingerprint density at radius 2 is 2.35 bits per heavy atom. The predicted octanol–water partition coefficient (Wildman–Crippen LogP) is 3.34. The van der Waals surface area contributed by atoms with Crippen molar-refractivity contribution in [1.29, 1.82) is 5.26 Å². The number of rotatable bonds is 3. The fourth-order valence-electron chi connectivity index (χ4n) is 3.15. The highest BCUT2D eigenvalue weighted by Crippen LogP contribution is 2.40. The smallest absolute Gasteiger partial charge is 0.201 e. The van der Waals surface area contributed by atoms with Crippen molar-refractivity contribution in [2.24, 2.45) is 0 Å². The van der Waals surface area contributed by atoms with Gasteiger partial charge in [-0.1, -0.05) is 13.0 Å². The Labute approximate surface area is 123 Å². The molecule has 0 spiro atoms. The van der Waals surface area contributed by atoms with E-state index in [0.29, 0.717) is 17.6 Å². The van der Waals surface area contributed by atoms with E-state index in [2.05, 4.69) is 22.5 Å². The molecule has 0 aliphatic heterocycles. The molecule has 1 saturated carbocycles. The molecule has 0 bridgehead atoms. The number of nitriles is 1. The maximum Gasteiger partial charge on any atom is 0.201 e. The first-order valence-corrected chi connectivity index (χ1v) is 8.07. The Balaban J connectivity index is 2.01. The van der Waals surface area contributed by atoms with Crippen LogP contribution in [0.2, 0.25) is 0 Å². The number of nitrogens with two attached hydrogens (primary N) is 1. The van der Waals surface area contributed by atoms with Gasteiger partial charge in [0.2, 0.25) is 5.95 Å². The highest BCUT2D eigenvalue weighted by Gasteiger charge is 2.28. The first-order valence-electron chi connectivity index (χ1n) is 7.02. The molecule has 0 amide bonds. The van der Waals surface area contributed by atoms with Crippen molar-refractivity contribution in [3.8, 4) is 6.07 Å². The number of anilines is 1. The second kappa shape index (κ2) is 5.37. The molecule has 1 fully saturated rings. The molecule has 2 atom stereocenters. The average molecular weight is 286 g/mol. The number of benzene rings is 1. The number of para-hydroxylation sites is 1. The van der Waals surface area contributed by atoms with E-state index in [9.17, 15) is 0 Å². The summed E-state index contributed by atoms with van der Waals surface area (Å²) in [5.74, 6) is 1.70. The van der Waals surface area contributed by atoms with Gasteiger partial charge in [0.15, 0.2) is 0 Å². The van der Waals surface area contributed by atoms with E-state index in [-0.39, 0.29) is 0 Å². The number of nitrogen functional groups attached to an aromatic ring is 1. The van der Waals surface area contributed by atoms with E-state index < -0.39 is 0 Å². The molecule has 3 rings (SSSR count). The highest BCUT2D eigenvalue weighted by atomic mass is 32.2. The molecule has 1 aliphatic rings. The molecule has 0 saturated heterocycles. The van der Waals surface area contributed by atoms with Gasteiger partial charge in [0, 0.05) is 11.3 Å². The zero-order valence-electron chi connectivity index (χ0n) is 11.5. The fourth-order valence-corrected chi connectivity index (χ4v) is 4.28. The van der Waals surface area contributed by atoms with Gasteiger partial charge in [0.1, 0.15) is 11.6 Å². The van der Waals surface area contributed by atoms with Crippen molar-refractivity contribution < 1.29 is 0 Å². The maximum atomic E-state index is 9.17. The average Bonchev–Trinajstić information content (AvgIpc) is 3.01. The van der Waals surface area contributed by atoms with E-state index in [1.54, 1.807) is 6.07 Å². The van der Waals surface area contributed by atoms with Crippen LogP contribution in [-0.2, 0) is 0 Å². The number of nitrogens with zero attached hydrogens (tertiary/aromatic N) is 3. The minimum absolute atomic E-state index is 0.415. The third kappa shape index (κ3) is 2.14. The predicted molar refractivity (Wildman–Crippen MR) is 83.7 cm³/mol. The summed E-state index contributed by atoms with van der Waals surface area (Å²) in [6.07, 6.45) is 3.52. The van der Waals surface area contributed by atoms with Crippen LogP contribution in [-0.4, -0.2) is 20.6 Å². The quantitative estimate of drug-likeness (QED) is 0.939. The highest BCUT2D eigenvalue weighted by molar-refractivity contribution is 7.99. The van der Waals surface area contributed by atoms with Crippen molar-refractivity contribution >= 4 is 28.7 Å². The Bertz CT molecular complexity index is 670. The largest absolute Gasteiger partial charge is 0.369 e. The topological polar surface area (TPSA) is 67.6 Å². The molecule has 104 valence electrons. The van der Waals surface area contributed by atoms with Crippen LogP contribution in [0.3, 0.4) is 0 Å². The second-order valence-corrected chi connectivity index (χ2v) is 6.75. The molecule has 4 nitrogen and oxygen atoms in total. The minimum Gasteiger partial charge on any atom is -0.369 e. The molecule has 20 heavy (non-hydrogen) atoms. The van der Waals surface area contributed by atoms with Gasteiger partial charge in [-0.05, 0) is 37.1 Å². The summed E-state index contributed by atoms with van der Waals surface area (Å²) in [5, 5.41) is 9.89. The number of thioether (sulfide) groups is 1. The second-order valence-electron chi connectivity index (χ2n) is 5.17. The Morgan fingerprint density at radius 1 is 1.50 bits per heavy atom. The van der Waals surface area contributed by atoms with Crippen molar-refractivity contribution in [2.45, 2.75) is 37.5 Å². The van der Waals surface area contributed by atoms with Crippen LogP contribution in [0.1, 0.15) is 37.8 Å². The first-order chi connectivity index (χ1) is 9.74. The lowest BCUT2D eigenvalue weighted by molar-refractivity contribution is 0.540. The van der Waals surface area contributed by atoms with E-state index in [4.69, 9.17) is 11.0 Å². The van der Waals surface area contributed by atoms with Crippen molar-refractivity contribution in [1.82, 2.24) is 9.55 Å². The van der Waals surface area contributed by atoms with Crippen LogP contribution < -0.4 is 5.73 Å². The Hall–Kier alpha value is -1.67. The lowest BCUT2D eigenvalue weighted by atomic mass is 10.2. The summed E-state index contributed by atoms with van der Waals surface area (Å²) in [6.45, 7) is 2.21. The first kappa shape index (κ1) is 13.3. The van der Waals surface area contributed by atoms with E-state index in [1.807, 2.05) is 23.9 Å². The van der Waals surface area contributed by atoms with Gasteiger partial charge in [0.05, 0.1) is 11.1 Å². The zero-order chi connectivity index (χ0) is 14.1. The summed E-state index contributed by atoms with van der Waals surface area (Å²) < 4.78 is 2.13. The van der Waals surface area contributed by atoms with Crippen LogP contribution in [0.4, 0.5) is 5.95 Å². The molecular formula is C15H18N4S. The van der Waals surface area contributed by atoms with Gasteiger partial charge in [-0.2, -0.15) is 17.0 Å². The van der Waals surface area contributed by atoms with Crippen molar-refractivity contribution in [2.75, 3.05) is 11.5 Å². The summed E-state index contributed by atoms with van der Waals surface area (Å²) >= 11 is 2.03. The molecule has 5 heteroatoms. The number of aromatic nitrogens is 2. The van der Waals surface area contributed by atoms with E-state index in [1.165, 1.54) is 6.42 Å². The molecule has 2 aromatic rings. The molecule has 1 aromatic heterocycles. The summed E-state index contributed by atoms with van der Waals surface area (Å²) in [7, 11) is 0. The molecular weight excluding hydrogens is 268 g/mol. The third-order valence-corrected chi connectivity index (χ3v) is 5.23. The van der Waals surface area contributed by atoms with Crippen LogP contribution in [0.25, 0.3) is 11.0 Å². The van der Waals surface area contributed by atoms with Crippen LogP contribution >= 0.6 is 11.8 Å². The van der Waals surface area contributed by atoms with Crippen molar-refractivity contribution in [3.63, 3.8) is 0 Å². The van der Waals surface area contributed by atoms with Crippen LogP contribution in [0.15, 0.2) is 18.2 Å². The molecule has 2 N–H and O–H groups in total. The SMILES string of the molecule is CCSC1CCC(n2c(N)nc3c(C#N)cccc32)C1. The lowest BCUT2D eigenvalue weighted by Crippen LogP contribution is -2.09. The lowest BCUT2D eigenvalue weighted by Gasteiger charge is -2.15. The molecule has 1 aromatic carbocycles. The molecule has 0 radical (unpaired) electrons. The Kier molecular flexibility index (Phi) is 3.58. The van der Waals surface area contributed by atoms with Gasteiger partial charge >= 0.3 is 0 Å².